The summed E-state index contributed by atoms with van der Waals surface area (Å²) in [6.07, 6.45) is 5.03. The summed E-state index contributed by atoms with van der Waals surface area (Å²) in [7, 11) is 3.26. The Hall–Kier alpha value is -3.94. The Morgan fingerprint density at radius 1 is 1.03 bits per heavy atom. The van der Waals surface area contributed by atoms with Gasteiger partial charge in [0.2, 0.25) is 5.82 Å². The van der Waals surface area contributed by atoms with Crippen LogP contribution in [-0.4, -0.2) is 47.4 Å². The summed E-state index contributed by atoms with van der Waals surface area (Å²) >= 11 is 0. The number of nitrogens with one attached hydrogen (secondary N) is 1. The third-order valence-corrected chi connectivity index (χ3v) is 5.15. The van der Waals surface area contributed by atoms with E-state index in [4.69, 9.17) is 14.6 Å². The average molecular weight is 431 g/mol. The maximum absolute atomic E-state index is 12.2. The molecule has 0 aliphatic carbocycles. The first-order valence-corrected chi connectivity index (χ1v) is 10.4. The van der Waals surface area contributed by atoms with Crippen molar-refractivity contribution in [2.45, 2.75) is 19.4 Å². The molecule has 3 aromatic rings. The smallest absolute Gasteiger partial charge is 0.293 e. The minimum atomic E-state index is -0.335. The highest BCUT2D eigenvalue weighted by Crippen LogP contribution is 2.29. The highest BCUT2D eigenvalue weighted by molar-refractivity contribution is 6.01. The quantitative estimate of drug-likeness (QED) is 0.613. The molecule has 0 bridgehead atoms. The molecule has 0 fully saturated rings. The van der Waals surface area contributed by atoms with Crippen LogP contribution < -0.4 is 14.8 Å². The Morgan fingerprint density at radius 2 is 1.78 bits per heavy atom. The maximum Gasteiger partial charge on any atom is 0.293 e. The van der Waals surface area contributed by atoms with Gasteiger partial charge >= 0.3 is 0 Å². The highest BCUT2D eigenvalue weighted by Gasteiger charge is 2.16. The van der Waals surface area contributed by atoms with Crippen LogP contribution in [-0.2, 0) is 6.54 Å². The van der Waals surface area contributed by atoms with Gasteiger partial charge in [-0.05, 0) is 54.8 Å². The van der Waals surface area contributed by atoms with Crippen molar-refractivity contribution in [3.05, 3.63) is 77.9 Å². The number of carbonyl (C=O) groups excluding carboxylic acids is 1. The zero-order valence-electron chi connectivity index (χ0n) is 18.1. The largest absolute Gasteiger partial charge is 0.493 e. The standard InChI is InChI=1S/C24H25N5O3/c1-31-21-11-8-18(15-22(21)32-2)20-5-3-14-29(28-20)16-17-6-9-19(10-7-17)27-24(30)23-25-12-4-13-26-23/h4,6-13,15H,3,5,14,16H2,1-2H3,(H,27,30). The van der Waals surface area contributed by atoms with Crippen molar-refractivity contribution in [1.29, 1.82) is 0 Å². The summed E-state index contributed by atoms with van der Waals surface area (Å²) in [6, 6.07) is 15.3. The predicted molar refractivity (Wildman–Crippen MR) is 122 cm³/mol. The van der Waals surface area contributed by atoms with Crippen molar-refractivity contribution < 1.29 is 14.3 Å². The number of aromatic nitrogens is 2. The number of amides is 1. The molecule has 1 aliphatic heterocycles. The minimum Gasteiger partial charge on any atom is -0.493 e. The fourth-order valence-electron chi connectivity index (χ4n) is 3.54. The Morgan fingerprint density at radius 3 is 2.50 bits per heavy atom. The van der Waals surface area contributed by atoms with E-state index in [1.165, 1.54) is 0 Å². The Bertz CT molecular complexity index is 1100. The molecule has 1 aromatic heterocycles. The Kier molecular flexibility index (Phi) is 6.60. The van der Waals surface area contributed by atoms with Crippen molar-refractivity contribution in [2.24, 2.45) is 5.10 Å². The summed E-state index contributed by atoms with van der Waals surface area (Å²) in [5.41, 5.74) is 3.87. The summed E-state index contributed by atoms with van der Waals surface area (Å²) in [6.45, 7) is 1.58. The second-order valence-electron chi connectivity index (χ2n) is 7.33. The normalized spacial score (nSPS) is 13.3. The zero-order chi connectivity index (χ0) is 22.3. The number of anilines is 1. The third-order valence-electron chi connectivity index (χ3n) is 5.15. The molecule has 2 heterocycles. The number of hydrogen-bond donors (Lipinski definition) is 1. The summed E-state index contributed by atoms with van der Waals surface area (Å²) < 4.78 is 10.8. The molecule has 4 rings (SSSR count). The molecule has 1 aliphatic rings. The van der Waals surface area contributed by atoms with Crippen LogP contribution in [0.4, 0.5) is 5.69 Å². The second kappa shape index (κ2) is 9.91. The second-order valence-corrected chi connectivity index (χ2v) is 7.33. The summed E-state index contributed by atoms with van der Waals surface area (Å²) in [4.78, 5) is 20.1. The van der Waals surface area contributed by atoms with Gasteiger partial charge in [0.1, 0.15) is 0 Å². The predicted octanol–water partition coefficient (Wildman–Crippen LogP) is 3.75. The summed E-state index contributed by atoms with van der Waals surface area (Å²) in [5.74, 6) is 1.21. The zero-order valence-corrected chi connectivity index (χ0v) is 18.1. The van der Waals surface area contributed by atoms with Gasteiger partial charge in [-0.25, -0.2) is 9.97 Å². The van der Waals surface area contributed by atoms with Crippen LogP contribution in [0.3, 0.4) is 0 Å². The van der Waals surface area contributed by atoms with Gasteiger partial charge < -0.3 is 14.8 Å². The lowest BCUT2D eigenvalue weighted by molar-refractivity contribution is 0.101. The van der Waals surface area contributed by atoms with E-state index in [0.29, 0.717) is 23.7 Å². The van der Waals surface area contributed by atoms with Crippen molar-refractivity contribution in [3.63, 3.8) is 0 Å². The van der Waals surface area contributed by atoms with Crippen LogP contribution >= 0.6 is 0 Å². The number of hydrogen-bond acceptors (Lipinski definition) is 7. The molecule has 8 heteroatoms. The SMILES string of the molecule is COc1ccc(C2=NN(Cc3ccc(NC(=O)c4ncccn4)cc3)CCC2)cc1OC. The lowest BCUT2D eigenvalue weighted by Crippen LogP contribution is -2.26. The lowest BCUT2D eigenvalue weighted by Gasteiger charge is -2.26. The van der Waals surface area contributed by atoms with Crippen LogP contribution in [0, 0.1) is 0 Å². The Labute approximate surface area is 186 Å². The molecule has 1 N–H and O–H groups in total. The van der Waals surface area contributed by atoms with Crippen LogP contribution in [0.2, 0.25) is 0 Å². The van der Waals surface area contributed by atoms with E-state index in [-0.39, 0.29) is 11.7 Å². The molecule has 0 saturated carbocycles. The molecule has 0 saturated heterocycles. The molecular weight excluding hydrogens is 406 g/mol. The van der Waals surface area contributed by atoms with E-state index in [9.17, 15) is 4.79 Å². The molecule has 0 atom stereocenters. The summed E-state index contributed by atoms with van der Waals surface area (Å²) in [5, 5.41) is 9.74. The van der Waals surface area contributed by atoms with E-state index < -0.39 is 0 Å². The van der Waals surface area contributed by atoms with Gasteiger partial charge in [0, 0.05) is 30.2 Å². The number of benzene rings is 2. The van der Waals surface area contributed by atoms with Gasteiger partial charge in [-0.2, -0.15) is 5.10 Å². The molecule has 0 spiro atoms. The van der Waals surface area contributed by atoms with Gasteiger partial charge in [-0.1, -0.05) is 12.1 Å². The maximum atomic E-state index is 12.2. The first-order chi connectivity index (χ1) is 15.7. The van der Waals surface area contributed by atoms with Crippen LogP contribution in [0.15, 0.2) is 66.0 Å². The van der Waals surface area contributed by atoms with E-state index in [0.717, 1.165) is 36.2 Å². The van der Waals surface area contributed by atoms with Gasteiger partial charge in [-0.15, -0.1) is 0 Å². The van der Waals surface area contributed by atoms with E-state index in [2.05, 4.69) is 20.3 Å². The number of ether oxygens (including phenoxy) is 2. The van der Waals surface area contributed by atoms with Crippen LogP contribution in [0.1, 0.15) is 34.6 Å². The van der Waals surface area contributed by atoms with E-state index in [1.807, 2.05) is 42.5 Å². The molecule has 2 aromatic carbocycles. The molecule has 32 heavy (non-hydrogen) atoms. The fourth-order valence-corrected chi connectivity index (χ4v) is 3.54. The van der Waals surface area contributed by atoms with E-state index in [1.54, 1.807) is 32.7 Å². The number of hydrazone groups is 1. The molecule has 164 valence electrons. The topological polar surface area (TPSA) is 88.9 Å². The van der Waals surface area contributed by atoms with Crippen molar-refractivity contribution in [1.82, 2.24) is 15.0 Å². The van der Waals surface area contributed by atoms with Crippen molar-refractivity contribution in [2.75, 3.05) is 26.1 Å². The van der Waals surface area contributed by atoms with Gasteiger partial charge in [0.25, 0.3) is 5.91 Å². The molecule has 1 amide bonds. The third kappa shape index (κ3) is 5.03. The first kappa shape index (κ1) is 21.3. The number of carbonyl (C=O) groups is 1. The van der Waals surface area contributed by atoms with Gasteiger partial charge in [0.15, 0.2) is 11.5 Å². The van der Waals surface area contributed by atoms with Crippen molar-refractivity contribution in [3.8, 4) is 11.5 Å². The number of methoxy groups -OCH3 is 2. The average Bonchev–Trinajstić information content (AvgIpc) is 2.85. The van der Waals surface area contributed by atoms with Gasteiger partial charge in [-0.3, -0.25) is 9.80 Å². The van der Waals surface area contributed by atoms with Crippen LogP contribution in [0.25, 0.3) is 0 Å². The molecular formula is C24H25N5O3. The Balaban J connectivity index is 1.42. The number of rotatable bonds is 7. The molecule has 8 nitrogen and oxygen atoms in total. The molecule has 0 unspecified atom stereocenters. The minimum absolute atomic E-state index is 0.141. The molecule has 0 radical (unpaired) electrons. The fraction of sp³-hybridized carbons (Fsp3) is 0.250. The lowest BCUT2D eigenvalue weighted by atomic mass is 10.0. The highest BCUT2D eigenvalue weighted by atomic mass is 16.5. The van der Waals surface area contributed by atoms with Gasteiger partial charge in [0.05, 0.1) is 26.5 Å². The first-order valence-electron chi connectivity index (χ1n) is 10.4. The van der Waals surface area contributed by atoms with E-state index >= 15 is 0 Å². The van der Waals surface area contributed by atoms with Crippen molar-refractivity contribution >= 4 is 17.3 Å². The number of nitrogens with zero attached hydrogens (tertiary/aromatic N) is 4. The van der Waals surface area contributed by atoms with Crippen LogP contribution in [0.5, 0.6) is 11.5 Å². The monoisotopic (exact) mass is 431 g/mol.